The van der Waals surface area contributed by atoms with Crippen molar-refractivity contribution in [3.63, 3.8) is 0 Å². The zero-order valence-electron chi connectivity index (χ0n) is 36.0. The fraction of sp³-hybridized carbons (Fsp3) is 0.0323. The van der Waals surface area contributed by atoms with Crippen LogP contribution in [0.5, 0.6) is 0 Å². The zero-order chi connectivity index (χ0) is 43.0. The molecule has 1 aromatic heterocycles. The minimum absolute atomic E-state index is 1.09. The van der Waals surface area contributed by atoms with Gasteiger partial charge in [-0.3, -0.25) is 0 Å². The van der Waals surface area contributed by atoms with Crippen molar-refractivity contribution >= 4 is 38.9 Å². The van der Waals surface area contributed by atoms with E-state index in [1.807, 2.05) is 0 Å². The third-order valence-electron chi connectivity index (χ3n) is 12.8. The van der Waals surface area contributed by atoms with E-state index < -0.39 is 0 Å². The summed E-state index contributed by atoms with van der Waals surface area (Å²) in [5.74, 6) is 0. The quantitative estimate of drug-likeness (QED) is 0.141. The molecule has 0 N–H and O–H groups in total. The van der Waals surface area contributed by atoms with Crippen LogP contribution < -0.4 is 4.90 Å². The van der Waals surface area contributed by atoms with Gasteiger partial charge in [0.15, 0.2) is 0 Å². The average Bonchev–Trinajstić information content (AvgIpc) is 3.69. The van der Waals surface area contributed by atoms with Gasteiger partial charge in [-0.2, -0.15) is 0 Å². The molecule has 64 heavy (non-hydrogen) atoms. The van der Waals surface area contributed by atoms with E-state index in [2.05, 4.69) is 266 Å². The number of benzene rings is 10. The number of fused-ring (bicyclic) bond motifs is 3. The summed E-state index contributed by atoms with van der Waals surface area (Å²) in [5.41, 5.74) is 21.5. The van der Waals surface area contributed by atoms with Crippen LogP contribution in [-0.2, 0) is 0 Å². The van der Waals surface area contributed by atoms with Crippen molar-refractivity contribution in [1.29, 1.82) is 0 Å². The van der Waals surface area contributed by atoms with Gasteiger partial charge in [0.05, 0.1) is 16.7 Å². The Balaban J connectivity index is 1.01. The highest BCUT2D eigenvalue weighted by Crippen LogP contribution is 2.43. The van der Waals surface area contributed by atoms with Crippen molar-refractivity contribution < 1.29 is 0 Å². The Morgan fingerprint density at radius 1 is 0.312 bits per heavy atom. The van der Waals surface area contributed by atoms with E-state index in [1.165, 1.54) is 83.1 Å². The van der Waals surface area contributed by atoms with E-state index >= 15 is 0 Å². The maximum atomic E-state index is 2.45. The van der Waals surface area contributed by atoms with Crippen LogP contribution in [0.3, 0.4) is 0 Å². The lowest BCUT2D eigenvalue weighted by atomic mass is 9.95. The molecule has 1 heterocycles. The fourth-order valence-corrected chi connectivity index (χ4v) is 9.52. The van der Waals surface area contributed by atoms with Crippen molar-refractivity contribution in [2.75, 3.05) is 4.90 Å². The van der Waals surface area contributed by atoms with Crippen molar-refractivity contribution in [2.24, 2.45) is 0 Å². The summed E-state index contributed by atoms with van der Waals surface area (Å²) >= 11 is 0. The van der Waals surface area contributed by atoms with Gasteiger partial charge in [0.25, 0.3) is 0 Å². The highest BCUT2D eigenvalue weighted by Gasteiger charge is 2.20. The molecule has 0 radical (unpaired) electrons. The predicted octanol–water partition coefficient (Wildman–Crippen LogP) is 17.2. The molecule has 0 aliphatic heterocycles. The second-order valence-electron chi connectivity index (χ2n) is 16.6. The van der Waals surface area contributed by atoms with Crippen molar-refractivity contribution in [1.82, 2.24) is 4.57 Å². The minimum atomic E-state index is 1.09. The normalized spacial score (nSPS) is 11.3. The SMILES string of the molecule is Cc1ccccc1-c1cccc(-n2c3ccccc3c3cc(-c4cccc(-c5ccccc5N(c5ccc(-c6ccccc6)cc5)c5ccc(-c6ccccc6)cc5)c4)ccc32)c1C. The highest BCUT2D eigenvalue weighted by molar-refractivity contribution is 6.11. The second-order valence-corrected chi connectivity index (χ2v) is 16.6. The first-order valence-electron chi connectivity index (χ1n) is 22.1. The Hall–Kier alpha value is -8.20. The van der Waals surface area contributed by atoms with E-state index in [0.717, 1.165) is 28.2 Å². The summed E-state index contributed by atoms with van der Waals surface area (Å²) in [4.78, 5) is 2.39. The molecular formula is C62H46N2. The van der Waals surface area contributed by atoms with E-state index in [0.29, 0.717) is 0 Å². The van der Waals surface area contributed by atoms with Crippen molar-refractivity contribution in [3.05, 3.63) is 254 Å². The van der Waals surface area contributed by atoms with Gasteiger partial charge < -0.3 is 9.47 Å². The minimum Gasteiger partial charge on any atom is -0.310 e. The summed E-state index contributed by atoms with van der Waals surface area (Å²) in [6.07, 6.45) is 0. The molecule has 0 unspecified atom stereocenters. The Morgan fingerprint density at radius 3 is 1.48 bits per heavy atom. The monoisotopic (exact) mass is 818 g/mol. The lowest BCUT2D eigenvalue weighted by molar-refractivity contribution is 1.15. The van der Waals surface area contributed by atoms with Crippen LogP contribution in [0.25, 0.3) is 83.1 Å². The van der Waals surface area contributed by atoms with E-state index in [-0.39, 0.29) is 0 Å². The smallest absolute Gasteiger partial charge is 0.0541 e. The van der Waals surface area contributed by atoms with Crippen molar-refractivity contribution in [3.8, 4) is 61.3 Å². The van der Waals surface area contributed by atoms with E-state index in [9.17, 15) is 0 Å². The van der Waals surface area contributed by atoms with Gasteiger partial charge in [0, 0.05) is 33.4 Å². The summed E-state index contributed by atoms with van der Waals surface area (Å²) in [7, 11) is 0. The molecule has 0 amide bonds. The number of anilines is 3. The molecule has 2 nitrogen and oxygen atoms in total. The van der Waals surface area contributed by atoms with Crippen LogP contribution in [0, 0.1) is 13.8 Å². The standard InChI is InChI=1S/C62H46N2/c1-43-17-9-10-24-54(43)55-27-16-30-59(44(55)2)64-61-29-14-12-26-57(61)58-42-50(35-40-62(58)64)49-22-15-23-51(41-49)56-25-11-13-28-60(56)63(52-36-31-47(32-37-52)45-18-5-3-6-19-45)53-38-33-48(34-39-53)46-20-7-4-8-21-46/h3-42H,1-2H3. The number of para-hydroxylation sites is 2. The van der Waals surface area contributed by atoms with Gasteiger partial charge in [-0.15, -0.1) is 0 Å². The number of hydrogen-bond acceptors (Lipinski definition) is 1. The average molecular weight is 819 g/mol. The first-order chi connectivity index (χ1) is 31.6. The van der Waals surface area contributed by atoms with Gasteiger partial charge >= 0.3 is 0 Å². The number of nitrogens with zero attached hydrogens (tertiary/aromatic N) is 2. The largest absolute Gasteiger partial charge is 0.310 e. The molecule has 0 spiro atoms. The van der Waals surface area contributed by atoms with Gasteiger partial charge in [-0.05, 0) is 136 Å². The van der Waals surface area contributed by atoms with Crippen LogP contribution in [0.1, 0.15) is 11.1 Å². The molecule has 0 saturated carbocycles. The fourth-order valence-electron chi connectivity index (χ4n) is 9.52. The maximum absolute atomic E-state index is 2.45. The first kappa shape index (κ1) is 38.7. The third kappa shape index (κ3) is 7.06. The molecule has 0 fully saturated rings. The van der Waals surface area contributed by atoms with Crippen molar-refractivity contribution in [2.45, 2.75) is 13.8 Å². The van der Waals surface area contributed by atoms with Gasteiger partial charge in [-0.25, -0.2) is 0 Å². The number of aromatic nitrogens is 1. The summed E-state index contributed by atoms with van der Waals surface area (Å²) in [5, 5.41) is 2.48. The van der Waals surface area contributed by atoms with Gasteiger partial charge in [-0.1, -0.05) is 182 Å². The molecule has 0 atom stereocenters. The topological polar surface area (TPSA) is 8.17 Å². The predicted molar refractivity (Wildman–Crippen MR) is 272 cm³/mol. The molecule has 0 saturated heterocycles. The number of hydrogen-bond donors (Lipinski definition) is 0. The molecule has 10 aromatic carbocycles. The van der Waals surface area contributed by atoms with E-state index in [4.69, 9.17) is 0 Å². The Kier molecular flexibility index (Phi) is 10.0. The van der Waals surface area contributed by atoms with Crippen LogP contribution in [0.4, 0.5) is 17.1 Å². The summed E-state index contributed by atoms with van der Waals surface area (Å²) in [6.45, 7) is 4.46. The maximum Gasteiger partial charge on any atom is 0.0541 e. The molecule has 11 aromatic rings. The Bertz CT molecular complexity index is 3350. The Labute approximate surface area is 375 Å². The summed E-state index contributed by atoms with van der Waals surface area (Å²) < 4.78 is 2.45. The third-order valence-corrected chi connectivity index (χ3v) is 12.8. The Morgan fingerprint density at radius 2 is 0.797 bits per heavy atom. The molecule has 0 aliphatic carbocycles. The van der Waals surface area contributed by atoms with Gasteiger partial charge in [0.1, 0.15) is 0 Å². The lowest BCUT2D eigenvalue weighted by Gasteiger charge is -2.28. The highest BCUT2D eigenvalue weighted by atomic mass is 15.1. The van der Waals surface area contributed by atoms with Crippen LogP contribution in [0.2, 0.25) is 0 Å². The number of aryl methyl sites for hydroxylation is 1. The molecular weight excluding hydrogens is 773 g/mol. The zero-order valence-corrected chi connectivity index (χ0v) is 36.0. The lowest BCUT2D eigenvalue weighted by Crippen LogP contribution is -2.11. The van der Waals surface area contributed by atoms with Crippen LogP contribution in [-0.4, -0.2) is 4.57 Å². The van der Waals surface area contributed by atoms with E-state index in [1.54, 1.807) is 0 Å². The van der Waals surface area contributed by atoms with Gasteiger partial charge in [0.2, 0.25) is 0 Å². The molecule has 11 rings (SSSR count). The van der Waals surface area contributed by atoms with Crippen LogP contribution in [0.15, 0.2) is 243 Å². The molecule has 304 valence electrons. The summed E-state index contributed by atoms with van der Waals surface area (Å²) in [6, 6.07) is 88.1. The second kappa shape index (κ2) is 16.6. The number of rotatable bonds is 9. The first-order valence-corrected chi connectivity index (χ1v) is 22.1. The molecule has 2 heteroatoms. The molecule has 0 aliphatic rings. The van der Waals surface area contributed by atoms with Crippen LogP contribution >= 0.6 is 0 Å². The molecule has 0 bridgehead atoms.